The molecule has 146 valence electrons. The van der Waals surface area contributed by atoms with E-state index >= 15 is 0 Å². The Labute approximate surface area is 171 Å². The number of rotatable bonds is 8. The highest BCUT2D eigenvalue weighted by atomic mass is 16.5. The van der Waals surface area contributed by atoms with Crippen molar-refractivity contribution in [1.82, 2.24) is 4.98 Å². The van der Waals surface area contributed by atoms with Gasteiger partial charge in [-0.05, 0) is 41.8 Å². The SMILES string of the molecule is CCCCC(OCc1ccccc1)c1cc2nc3ccccc3cc2cc1C=O. The molecule has 4 aromatic rings. The van der Waals surface area contributed by atoms with E-state index in [0.29, 0.717) is 12.2 Å². The van der Waals surface area contributed by atoms with Crippen molar-refractivity contribution >= 4 is 28.1 Å². The van der Waals surface area contributed by atoms with Crippen LogP contribution in [0.1, 0.15) is 53.8 Å². The predicted octanol–water partition coefficient (Wildman–Crippen LogP) is 6.65. The molecule has 0 fully saturated rings. The van der Waals surface area contributed by atoms with Crippen molar-refractivity contribution in [2.45, 2.75) is 38.9 Å². The third-order valence-electron chi connectivity index (χ3n) is 5.31. The molecule has 0 aliphatic heterocycles. The first-order chi connectivity index (χ1) is 14.3. The molecule has 3 heteroatoms. The lowest BCUT2D eigenvalue weighted by atomic mass is 9.96. The quantitative estimate of drug-likeness (QED) is 0.253. The largest absolute Gasteiger partial charge is 0.369 e. The topological polar surface area (TPSA) is 39.2 Å². The zero-order valence-corrected chi connectivity index (χ0v) is 16.7. The summed E-state index contributed by atoms with van der Waals surface area (Å²) >= 11 is 0. The minimum atomic E-state index is -0.131. The molecule has 4 rings (SSSR count). The van der Waals surface area contributed by atoms with E-state index in [2.05, 4.69) is 25.1 Å². The Morgan fingerprint density at radius 1 is 0.931 bits per heavy atom. The maximum atomic E-state index is 11.9. The van der Waals surface area contributed by atoms with E-state index in [0.717, 1.165) is 58.5 Å². The van der Waals surface area contributed by atoms with E-state index in [-0.39, 0.29) is 6.10 Å². The van der Waals surface area contributed by atoms with Crippen molar-refractivity contribution in [3.8, 4) is 0 Å². The molecule has 0 bridgehead atoms. The van der Waals surface area contributed by atoms with Crippen molar-refractivity contribution in [2.75, 3.05) is 0 Å². The molecule has 1 aromatic heterocycles. The number of ether oxygens (including phenoxy) is 1. The number of aromatic nitrogens is 1. The Kier molecular flexibility index (Phi) is 5.97. The zero-order chi connectivity index (χ0) is 20.1. The molecule has 0 spiro atoms. The maximum absolute atomic E-state index is 11.9. The average Bonchev–Trinajstić information content (AvgIpc) is 2.77. The van der Waals surface area contributed by atoms with E-state index in [9.17, 15) is 4.79 Å². The molecule has 0 N–H and O–H groups in total. The summed E-state index contributed by atoms with van der Waals surface area (Å²) in [6.45, 7) is 2.69. The number of nitrogens with zero attached hydrogens (tertiary/aromatic N) is 1. The highest BCUT2D eigenvalue weighted by Crippen LogP contribution is 2.31. The van der Waals surface area contributed by atoms with Crippen LogP contribution in [0.25, 0.3) is 21.8 Å². The van der Waals surface area contributed by atoms with Gasteiger partial charge in [-0.15, -0.1) is 0 Å². The van der Waals surface area contributed by atoms with Crippen LogP contribution in [0.15, 0.2) is 72.8 Å². The number of benzene rings is 3. The van der Waals surface area contributed by atoms with Crippen LogP contribution in [0.3, 0.4) is 0 Å². The first kappa shape index (κ1) is 19.3. The van der Waals surface area contributed by atoms with Gasteiger partial charge in [-0.2, -0.15) is 0 Å². The molecule has 1 heterocycles. The van der Waals surface area contributed by atoms with Gasteiger partial charge in [0, 0.05) is 16.3 Å². The van der Waals surface area contributed by atoms with Gasteiger partial charge < -0.3 is 4.74 Å². The molecule has 3 aromatic carbocycles. The highest BCUT2D eigenvalue weighted by Gasteiger charge is 2.18. The van der Waals surface area contributed by atoms with E-state index in [1.165, 1.54) is 0 Å². The van der Waals surface area contributed by atoms with Gasteiger partial charge >= 0.3 is 0 Å². The molecule has 0 radical (unpaired) electrons. The van der Waals surface area contributed by atoms with Crippen LogP contribution in [0, 0.1) is 0 Å². The monoisotopic (exact) mass is 383 g/mol. The average molecular weight is 383 g/mol. The maximum Gasteiger partial charge on any atom is 0.150 e. The summed E-state index contributed by atoms with van der Waals surface area (Å²) in [5.74, 6) is 0. The second-order valence-corrected chi connectivity index (χ2v) is 7.40. The van der Waals surface area contributed by atoms with Gasteiger partial charge in [-0.25, -0.2) is 4.98 Å². The Morgan fingerprint density at radius 2 is 1.72 bits per heavy atom. The van der Waals surface area contributed by atoms with Crippen molar-refractivity contribution in [1.29, 1.82) is 0 Å². The lowest BCUT2D eigenvalue weighted by Gasteiger charge is -2.20. The number of aldehydes is 1. The van der Waals surface area contributed by atoms with Crippen LogP contribution in [-0.2, 0) is 11.3 Å². The van der Waals surface area contributed by atoms with Gasteiger partial charge in [-0.1, -0.05) is 68.3 Å². The van der Waals surface area contributed by atoms with Crippen molar-refractivity contribution < 1.29 is 9.53 Å². The number of pyridine rings is 1. The second-order valence-electron chi connectivity index (χ2n) is 7.40. The number of para-hydroxylation sites is 1. The van der Waals surface area contributed by atoms with Crippen LogP contribution in [-0.4, -0.2) is 11.3 Å². The molecule has 1 unspecified atom stereocenters. The van der Waals surface area contributed by atoms with Gasteiger partial charge in [0.05, 0.1) is 23.7 Å². The molecule has 0 aliphatic rings. The van der Waals surface area contributed by atoms with Gasteiger partial charge in [-0.3, -0.25) is 4.79 Å². The lowest BCUT2D eigenvalue weighted by Crippen LogP contribution is -2.08. The summed E-state index contributed by atoms with van der Waals surface area (Å²) in [4.78, 5) is 16.7. The van der Waals surface area contributed by atoms with Crippen LogP contribution in [0.4, 0.5) is 0 Å². The molecule has 0 aliphatic carbocycles. The standard InChI is InChI=1S/C26H25NO2/c1-2-3-13-26(29-18-19-9-5-4-6-10-19)23-16-25-21(15-22(23)17-28)14-20-11-7-8-12-24(20)27-25/h4-12,14-17,26H,2-3,13,18H2,1H3. The molecule has 0 saturated carbocycles. The second kappa shape index (κ2) is 8.97. The van der Waals surface area contributed by atoms with E-state index in [1.54, 1.807) is 0 Å². The van der Waals surface area contributed by atoms with Crippen LogP contribution >= 0.6 is 0 Å². The van der Waals surface area contributed by atoms with Crippen LogP contribution in [0.2, 0.25) is 0 Å². The van der Waals surface area contributed by atoms with Gasteiger partial charge in [0.25, 0.3) is 0 Å². The summed E-state index contributed by atoms with van der Waals surface area (Å²) in [7, 11) is 0. The summed E-state index contributed by atoms with van der Waals surface area (Å²) in [5.41, 5.74) is 4.60. The fourth-order valence-corrected chi connectivity index (χ4v) is 3.73. The molecule has 0 amide bonds. The molecule has 29 heavy (non-hydrogen) atoms. The van der Waals surface area contributed by atoms with Crippen molar-refractivity contribution in [3.05, 3.63) is 89.5 Å². The minimum Gasteiger partial charge on any atom is -0.369 e. The van der Waals surface area contributed by atoms with Crippen molar-refractivity contribution in [2.24, 2.45) is 0 Å². The smallest absolute Gasteiger partial charge is 0.150 e. The summed E-state index contributed by atoms with van der Waals surface area (Å²) in [6, 6.07) is 24.3. The fraction of sp³-hybridized carbons (Fsp3) is 0.231. The number of hydrogen-bond acceptors (Lipinski definition) is 3. The first-order valence-corrected chi connectivity index (χ1v) is 10.2. The van der Waals surface area contributed by atoms with Crippen LogP contribution in [0.5, 0.6) is 0 Å². The van der Waals surface area contributed by atoms with E-state index in [4.69, 9.17) is 9.72 Å². The zero-order valence-electron chi connectivity index (χ0n) is 16.7. The van der Waals surface area contributed by atoms with E-state index in [1.807, 2.05) is 54.6 Å². The number of carbonyl (C=O) groups excluding carboxylic acids is 1. The first-order valence-electron chi connectivity index (χ1n) is 10.2. The third kappa shape index (κ3) is 4.36. The van der Waals surface area contributed by atoms with Crippen LogP contribution < -0.4 is 0 Å². The third-order valence-corrected chi connectivity index (χ3v) is 5.31. The predicted molar refractivity (Wildman–Crippen MR) is 118 cm³/mol. The Morgan fingerprint density at radius 3 is 2.52 bits per heavy atom. The van der Waals surface area contributed by atoms with Gasteiger partial charge in [0.1, 0.15) is 6.29 Å². The summed E-state index contributed by atoms with van der Waals surface area (Å²) in [5, 5.41) is 2.05. The number of hydrogen-bond donors (Lipinski definition) is 0. The van der Waals surface area contributed by atoms with Crippen molar-refractivity contribution in [3.63, 3.8) is 0 Å². The van der Waals surface area contributed by atoms with Gasteiger partial charge in [0.15, 0.2) is 0 Å². The Hall–Kier alpha value is -3.04. The fourth-order valence-electron chi connectivity index (χ4n) is 3.73. The number of carbonyl (C=O) groups is 1. The normalized spacial score (nSPS) is 12.3. The Bertz CT molecular complexity index is 1120. The number of unbranched alkanes of at least 4 members (excludes halogenated alkanes) is 1. The van der Waals surface area contributed by atoms with Gasteiger partial charge in [0.2, 0.25) is 0 Å². The number of fused-ring (bicyclic) bond motifs is 2. The summed E-state index contributed by atoms with van der Waals surface area (Å²) < 4.78 is 6.31. The molecule has 0 saturated heterocycles. The highest BCUT2D eigenvalue weighted by molar-refractivity contribution is 5.96. The molecule has 3 nitrogen and oxygen atoms in total. The lowest BCUT2D eigenvalue weighted by molar-refractivity contribution is 0.0320. The minimum absolute atomic E-state index is 0.131. The Balaban J connectivity index is 1.73. The summed E-state index contributed by atoms with van der Waals surface area (Å²) in [6.07, 6.45) is 3.81. The molecular weight excluding hydrogens is 358 g/mol. The molecule has 1 atom stereocenters. The van der Waals surface area contributed by atoms with E-state index < -0.39 is 0 Å². The molecular formula is C26H25NO2.